The Kier molecular flexibility index (Phi) is 5.95. The van der Waals surface area contributed by atoms with Gasteiger partial charge in [-0.15, -0.1) is 10.2 Å². The van der Waals surface area contributed by atoms with Crippen LogP contribution in [0, 0.1) is 0 Å². The summed E-state index contributed by atoms with van der Waals surface area (Å²) >= 11 is 0.737. The molecule has 1 aromatic heterocycles. The van der Waals surface area contributed by atoms with Crippen LogP contribution >= 0.6 is 11.3 Å². The number of anilines is 1. The lowest BCUT2D eigenvalue weighted by Gasteiger charge is -2.06. The Labute approximate surface area is 142 Å². The van der Waals surface area contributed by atoms with Crippen molar-refractivity contribution in [1.29, 1.82) is 0 Å². The van der Waals surface area contributed by atoms with Gasteiger partial charge in [0.25, 0.3) is 15.9 Å². The topological polar surface area (TPSA) is 130 Å². The van der Waals surface area contributed by atoms with Crippen molar-refractivity contribution in [3.05, 3.63) is 35.9 Å². The van der Waals surface area contributed by atoms with E-state index in [1.165, 1.54) is 6.92 Å². The largest absolute Gasteiger partial charge is 0.351 e. The summed E-state index contributed by atoms with van der Waals surface area (Å²) in [6.07, 6.45) is 0. The summed E-state index contributed by atoms with van der Waals surface area (Å²) in [7, 11) is -3.85. The highest BCUT2D eigenvalue weighted by atomic mass is 32.2. The Morgan fingerprint density at radius 3 is 2.50 bits per heavy atom. The lowest BCUT2D eigenvalue weighted by Crippen LogP contribution is -2.34. The summed E-state index contributed by atoms with van der Waals surface area (Å²) in [5, 5.41) is 12.1. The fourth-order valence-electron chi connectivity index (χ4n) is 1.63. The second-order valence-corrected chi connectivity index (χ2v) is 7.49. The van der Waals surface area contributed by atoms with Gasteiger partial charge in [0, 0.05) is 25.6 Å². The molecule has 0 unspecified atom stereocenters. The SMILES string of the molecule is CC(=O)Nc1nnc(S(=O)(=O)NCCNC(=O)c2ccccc2)s1. The monoisotopic (exact) mass is 369 g/mol. The van der Waals surface area contributed by atoms with E-state index in [0.717, 1.165) is 11.3 Å². The molecule has 1 heterocycles. The van der Waals surface area contributed by atoms with Gasteiger partial charge in [-0.05, 0) is 12.1 Å². The van der Waals surface area contributed by atoms with Crippen LogP contribution in [0.4, 0.5) is 5.13 Å². The van der Waals surface area contributed by atoms with Crippen LogP contribution in [-0.4, -0.2) is 43.5 Å². The van der Waals surface area contributed by atoms with E-state index in [9.17, 15) is 18.0 Å². The molecule has 9 nitrogen and oxygen atoms in total. The van der Waals surface area contributed by atoms with Crippen LogP contribution in [0.5, 0.6) is 0 Å². The molecule has 0 aliphatic heterocycles. The molecule has 128 valence electrons. The van der Waals surface area contributed by atoms with Gasteiger partial charge in [0.05, 0.1) is 0 Å². The third kappa shape index (κ3) is 5.08. The van der Waals surface area contributed by atoms with E-state index in [1.54, 1.807) is 30.3 Å². The zero-order chi connectivity index (χ0) is 17.6. The summed E-state index contributed by atoms with van der Waals surface area (Å²) in [6.45, 7) is 1.39. The van der Waals surface area contributed by atoms with Crippen LogP contribution in [0.3, 0.4) is 0 Å². The van der Waals surface area contributed by atoms with Crippen molar-refractivity contribution in [2.75, 3.05) is 18.4 Å². The van der Waals surface area contributed by atoms with Gasteiger partial charge >= 0.3 is 0 Å². The average Bonchev–Trinajstić information content (AvgIpc) is 3.01. The van der Waals surface area contributed by atoms with E-state index in [2.05, 4.69) is 25.6 Å². The minimum Gasteiger partial charge on any atom is -0.351 e. The minimum atomic E-state index is -3.85. The van der Waals surface area contributed by atoms with E-state index in [4.69, 9.17) is 0 Å². The number of nitrogens with one attached hydrogen (secondary N) is 3. The van der Waals surface area contributed by atoms with Gasteiger partial charge in [-0.25, -0.2) is 13.1 Å². The van der Waals surface area contributed by atoms with Gasteiger partial charge in [0.1, 0.15) is 0 Å². The molecule has 0 aliphatic rings. The number of sulfonamides is 1. The maximum atomic E-state index is 12.0. The predicted molar refractivity (Wildman–Crippen MR) is 88.2 cm³/mol. The third-order valence-electron chi connectivity index (χ3n) is 2.66. The van der Waals surface area contributed by atoms with Crippen LogP contribution in [0.15, 0.2) is 34.7 Å². The summed E-state index contributed by atoms with van der Waals surface area (Å²) in [6, 6.07) is 8.58. The summed E-state index contributed by atoms with van der Waals surface area (Å²) in [5.74, 6) is -0.662. The van der Waals surface area contributed by atoms with Gasteiger partial charge in [-0.1, -0.05) is 29.5 Å². The van der Waals surface area contributed by atoms with Crippen molar-refractivity contribution in [3.63, 3.8) is 0 Å². The van der Waals surface area contributed by atoms with Gasteiger partial charge in [-0.2, -0.15) is 0 Å². The molecule has 1 aromatic carbocycles. The first kappa shape index (κ1) is 18.0. The number of nitrogens with zero attached hydrogens (tertiary/aromatic N) is 2. The summed E-state index contributed by atoms with van der Waals surface area (Å²) < 4.78 is 26.1. The van der Waals surface area contributed by atoms with Gasteiger partial charge in [0.15, 0.2) is 0 Å². The molecule has 0 aliphatic carbocycles. The molecule has 0 spiro atoms. The molecule has 2 amide bonds. The highest BCUT2D eigenvalue weighted by Crippen LogP contribution is 2.19. The Hall–Kier alpha value is -2.37. The van der Waals surface area contributed by atoms with Crippen molar-refractivity contribution in [2.24, 2.45) is 0 Å². The van der Waals surface area contributed by atoms with E-state index >= 15 is 0 Å². The maximum absolute atomic E-state index is 12.0. The van der Waals surface area contributed by atoms with E-state index in [0.29, 0.717) is 5.56 Å². The minimum absolute atomic E-state index is 0.00401. The Bertz CT molecular complexity index is 820. The summed E-state index contributed by atoms with van der Waals surface area (Å²) in [4.78, 5) is 22.7. The standard InChI is InChI=1S/C13H15N5O4S2/c1-9(19)16-12-17-18-13(23-12)24(21,22)15-8-7-14-11(20)10-5-3-2-4-6-10/h2-6,15H,7-8H2,1H3,(H,14,20)(H,16,17,19). The number of carbonyl (C=O) groups excluding carboxylic acids is 2. The van der Waals surface area contributed by atoms with Crippen molar-refractivity contribution in [2.45, 2.75) is 11.3 Å². The smallest absolute Gasteiger partial charge is 0.269 e. The third-order valence-corrected chi connectivity index (χ3v) is 5.33. The first-order valence-electron chi connectivity index (χ1n) is 6.82. The first-order chi connectivity index (χ1) is 11.4. The van der Waals surface area contributed by atoms with E-state index in [1.807, 2.05) is 0 Å². The molecule has 0 bridgehead atoms. The lowest BCUT2D eigenvalue weighted by atomic mass is 10.2. The molecule has 0 atom stereocenters. The predicted octanol–water partition coefficient (Wildman–Crippen LogP) is 0.205. The molecule has 2 rings (SSSR count). The van der Waals surface area contributed by atoms with Gasteiger partial charge in [0.2, 0.25) is 15.4 Å². The fraction of sp³-hybridized carbons (Fsp3) is 0.231. The van der Waals surface area contributed by atoms with Crippen molar-refractivity contribution in [1.82, 2.24) is 20.2 Å². The molecule has 3 N–H and O–H groups in total. The van der Waals surface area contributed by atoms with E-state index < -0.39 is 10.0 Å². The van der Waals surface area contributed by atoms with Crippen molar-refractivity contribution in [3.8, 4) is 0 Å². The molecule has 2 aromatic rings. The molecule has 24 heavy (non-hydrogen) atoms. The number of aromatic nitrogens is 2. The number of carbonyl (C=O) groups is 2. The molecule has 11 heteroatoms. The molecule has 0 saturated heterocycles. The number of benzene rings is 1. The number of amides is 2. The quantitative estimate of drug-likeness (QED) is 0.472. The number of hydrogen-bond acceptors (Lipinski definition) is 7. The van der Waals surface area contributed by atoms with Crippen LogP contribution in [0.2, 0.25) is 0 Å². The average molecular weight is 369 g/mol. The Balaban J connectivity index is 1.83. The van der Waals surface area contributed by atoms with Crippen LogP contribution < -0.4 is 15.4 Å². The number of hydrogen-bond donors (Lipinski definition) is 3. The molecular weight excluding hydrogens is 354 g/mol. The first-order valence-corrected chi connectivity index (χ1v) is 9.12. The van der Waals surface area contributed by atoms with Gasteiger partial charge < -0.3 is 10.6 Å². The van der Waals surface area contributed by atoms with Crippen LogP contribution in [0.1, 0.15) is 17.3 Å². The van der Waals surface area contributed by atoms with E-state index in [-0.39, 0.29) is 34.4 Å². The van der Waals surface area contributed by atoms with Gasteiger partial charge in [-0.3, -0.25) is 9.59 Å². The normalized spacial score (nSPS) is 11.0. The zero-order valence-corrected chi connectivity index (χ0v) is 14.3. The Morgan fingerprint density at radius 2 is 1.83 bits per heavy atom. The molecule has 0 saturated carbocycles. The molecule has 0 radical (unpaired) electrons. The highest BCUT2D eigenvalue weighted by molar-refractivity contribution is 7.91. The fourth-order valence-corrected chi connectivity index (χ4v) is 3.65. The summed E-state index contributed by atoms with van der Waals surface area (Å²) in [5.41, 5.74) is 0.490. The lowest BCUT2D eigenvalue weighted by molar-refractivity contribution is -0.114. The molecule has 0 fully saturated rings. The zero-order valence-electron chi connectivity index (χ0n) is 12.6. The highest BCUT2D eigenvalue weighted by Gasteiger charge is 2.20. The maximum Gasteiger partial charge on any atom is 0.269 e. The van der Waals surface area contributed by atoms with Crippen molar-refractivity contribution < 1.29 is 18.0 Å². The molecular formula is C13H15N5O4S2. The second kappa shape index (κ2) is 7.95. The Morgan fingerprint density at radius 1 is 1.12 bits per heavy atom. The number of rotatable bonds is 7. The van der Waals surface area contributed by atoms with Crippen LogP contribution in [-0.2, 0) is 14.8 Å². The second-order valence-electron chi connectivity index (χ2n) is 4.57. The van der Waals surface area contributed by atoms with Crippen LogP contribution in [0.25, 0.3) is 0 Å². The van der Waals surface area contributed by atoms with Crippen molar-refractivity contribution >= 4 is 38.3 Å².